The molecular weight excluding hydrogens is 314 g/mol. The van der Waals surface area contributed by atoms with E-state index in [1.54, 1.807) is 0 Å². The van der Waals surface area contributed by atoms with Crippen molar-refractivity contribution in [3.05, 3.63) is 12.7 Å². The maximum Gasteiger partial charge on any atom is 0.409 e. The molecule has 0 spiro atoms. The molecule has 0 unspecified atom stereocenters. The van der Waals surface area contributed by atoms with Crippen LogP contribution in [0.1, 0.15) is 86.0 Å². The van der Waals surface area contributed by atoms with E-state index < -0.39 is 17.4 Å². The molecule has 4 nitrogen and oxygen atoms in total. The number of aliphatic hydroxyl groups is 1. The van der Waals surface area contributed by atoms with Gasteiger partial charge in [-0.15, -0.1) is 6.58 Å². The summed E-state index contributed by atoms with van der Waals surface area (Å²) in [6, 6.07) is 0. The third kappa shape index (κ3) is 8.75. The fourth-order valence-corrected chi connectivity index (χ4v) is 3.71. The van der Waals surface area contributed by atoms with Crippen LogP contribution in [0.4, 0.5) is 4.79 Å². The second-order valence-corrected chi connectivity index (χ2v) is 9.05. The standard InChI is InChI=1S/C21H39NO3/c1-7-18(16(2)3)13-14-21(24,15-17-11-9-8-10-12-17)22-19(23)25-20(4,5)6/h7,16-18,24H,1,8-15H2,2-6H3,(H,22,23)/t18-,21+/m1/s1. The van der Waals surface area contributed by atoms with Crippen LogP contribution in [0.25, 0.3) is 0 Å². The largest absolute Gasteiger partial charge is 0.444 e. The molecule has 1 aliphatic rings. The molecule has 2 atom stereocenters. The number of allylic oxidation sites excluding steroid dienone is 1. The van der Waals surface area contributed by atoms with Gasteiger partial charge in [-0.3, -0.25) is 5.32 Å². The number of nitrogens with one attached hydrogen (secondary N) is 1. The molecule has 0 aromatic rings. The van der Waals surface area contributed by atoms with Gasteiger partial charge in [0.15, 0.2) is 0 Å². The van der Waals surface area contributed by atoms with Gasteiger partial charge in [-0.1, -0.05) is 52.0 Å². The topological polar surface area (TPSA) is 58.6 Å². The molecule has 0 bridgehead atoms. The van der Waals surface area contributed by atoms with Crippen LogP contribution in [0.2, 0.25) is 0 Å². The molecule has 1 fully saturated rings. The van der Waals surface area contributed by atoms with Gasteiger partial charge in [0.05, 0.1) is 0 Å². The maximum absolute atomic E-state index is 12.3. The van der Waals surface area contributed by atoms with E-state index in [1.165, 1.54) is 19.3 Å². The molecule has 0 saturated heterocycles. The van der Waals surface area contributed by atoms with Crippen molar-refractivity contribution in [3.63, 3.8) is 0 Å². The Morgan fingerprint density at radius 3 is 2.36 bits per heavy atom. The van der Waals surface area contributed by atoms with E-state index in [0.29, 0.717) is 30.6 Å². The van der Waals surface area contributed by atoms with Crippen molar-refractivity contribution < 1.29 is 14.6 Å². The van der Waals surface area contributed by atoms with Crippen molar-refractivity contribution in [2.45, 2.75) is 97.3 Å². The lowest BCUT2D eigenvalue weighted by Crippen LogP contribution is -2.51. The van der Waals surface area contributed by atoms with E-state index >= 15 is 0 Å². The van der Waals surface area contributed by atoms with Gasteiger partial charge in [-0.25, -0.2) is 4.79 Å². The van der Waals surface area contributed by atoms with Crippen LogP contribution in [0.5, 0.6) is 0 Å². The number of alkyl carbamates (subject to hydrolysis) is 1. The monoisotopic (exact) mass is 353 g/mol. The van der Waals surface area contributed by atoms with Gasteiger partial charge >= 0.3 is 6.09 Å². The van der Waals surface area contributed by atoms with E-state index in [1.807, 2.05) is 26.8 Å². The smallest absolute Gasteiger partial charge is 0.409 e. The van der Waals surface area contributed by atoms with Gasteiger partial charge in [0.1, 0.15) is 11.3 Å². The van der Waals surface area contributed by atoms with Crippen molar-refractivity contribution >= 4 is 6.09 Å². The first-order chi connectivity index (χ1) is 11.5. The molecule has 0 aliphatic heterocycles. The zero-order valence-electron chi connectivity index (χ0n) is 16.9. The zero-order chi connectivity index (χ0) is 19.1. The Balaban J connectivity index is 2.76. The highest BCUT2D eigenvalue weighted by atomic mass is 16.6. The first kappa shape index (κ1) is 22.0. The van der Waals surface area contributed by atoms with Crippen LogP contribution >= 0.6 is 0 Å². The van der Waals surface area contributed by atoms with Gasteiger partial charge in [0, 0.05) is 0 Å². The van der Waals surface area contributed by atoms with Crippen LogP contribution in [0, 0.1) is 17.8 Å². The quantitative estimate of drug-likeness (QED) is 0.453. The zero-order valence-corrected chi connectivity index (χ0v) is 16.9. The number of hydrogen-bond donors (Lipinski definition) is 2. The van der Waals surface area contributed by atoms with Gasteiger partial charge in [-0.2, -0.15) is 0 Å². The number of rotatable bonds is 8. The average molecular weight is 354 g/mol. The summed E-state index contributed by atoms with van der Waals surface area (Å²) >= 11 is 0. The summed E-state index contributed by atoms with van der Waals surface area (Å²) in [5.74, 6) is 1.27. The highest BCUT2D eigenvalue weighted by Crippen LogP contribution is 2.33. The molecule has 1 amide bonds. The molecule has 0 aromatic carbocycles. The van der Waals surface area contributed by atoms with Gasteiger partial charge in [0.2, 0.25) is 0 Å². The lowest BCUT2D eigenvalue weighted by atomic mass is 9.81. The maximum atomic E-state index is 12.3. The van der Waals surface area contributed by atoms with Gasteiger partial charge in [0.25, 0.3) is 0 Å². The van der Waals surface area contributed by atoms with E-state index in [9.17, 15) is 9.90 Å². The Kier molecular flexibility index (Phi) is 8.46. The molecule has 0 heterocycles. The molecule has 1 aliphatic carbocycles. The Morgan fingerprint density at radius 2 is 1.88 bits per heavy atom. The third-order valence-electron chi connectivity index (χ3n) is 5.14. The second-order valence-electron chi connectivity index (χ2n) is 9.05. The predicted molar refractivity (Wildman–Crippen MR) is 103 cm³/mol. The van der Waals surface area contributed by atoms with Crippen LogP contribution in [-0.4, -0.2) is 22.5 Å². The van der Waals surface area contributed by atoms with Crippen LogP contribution in [-0.2, 0) is 4.74 Å². The van der Waals surface area contributed by atoms with Crippen LogP contribution < -0.4 is 5.32 Å². The minimum absolute atomic E-state index is 0.332. The normalized spacial score (nSPS) is 20.0. The highest BCUT2D eigenvalue weighted by molar-refractivity contribution is 5.68. The van der Waals surface area contributed by atoms with E-state index in [-0.39, 0.29) is 0 Å². The third-order valence-corrected chi connectivity index (χ3v) is 5.14. The molecular formula is C21H39NO3. The van der Waals surface area contributed by atoms with E-state index in [2.05, 4.69) is 25.7 Å². The summed E-state index contributed by atoms with van der Waals surface area (Å²) in [6.45, 7) is 13.7. The lowest BCUT2D eigenvalue weighted by Gasteiger charge is -2.36. The number of carbonyl (C=O) groups is 1. The first-order valence-electron chi connectivity index (χ1n) is 9.91. The van der Waals surface area contributed by atoms with Crippen LogP contribution in [0.15, 0.2) is 12.7 Å². The minimum Gasteiger partial charge on any atom is -0.444 e. The SMILES string of the molecule is C=C[C@H](CC[C@](O)(CC1CCCCC1)NC(=O)OC(C)(C)C)C(C)C. The molecule has 0 radical (unpaired) electrons. The molecule has 4 heteroatoms. The summed E-state index contributed by atoms with van der Waals surface area (Å²) in [6.07, 6.45) is 9.33. The molecule has 1 saturated carbocycles. The summed E-state index contributed by atoms with van der Waals surface area (Å²) in [4.78, 5) is 12.3. The van der Waals surface area contributed by atoms with Gasteiger partial charge < -0.3 is 9.84 Å². The molecule has 2 N–H and O–H groups in total. The van der Waals surface area contributed by atoms with Crippen molar-refractivity contribution in [3.8, 4) is 0 Å². The van der Waals surface area contributed by atoms with E-state index in [4.69, 9.17) is 4.74 Å². The Bertz CT molecular complexity index is 421. The van der Waals surface area contributed by atoms with Crippen molar-refractivity contribution in [2.24, 2.45) is 17.8 Å². The molecule has 25 heavy (non-hydrogen) atoms. The predicted octanol–water partition coefficient (Wildman–Crippen LogP) is 5.41. The number of hydrogen-bond acceptors (Lipinski definition) is 3. The fourth-order valence-electron chi connectivity index (χ4n) is 3.71. The number of ether oxygens (including phenoxy) is 1. The molecule has 1 rings (SSSR count). The summed E-state index contributed by atoms with van der Waals surface area (Å²) in [5.41, 5.74) is -1.78. The molecule has 0 aromatic heterocycles. The number of amides is 1. The minimum atomic E-state index is -1.21. The molecule has 146 valence electrons. The average Bonchev–Trinajstić information content (AvgIpc) is 2.46. The summed E-state index contributed by atoms with van der Waals surface area (Å²) < 4.78 is 5.37. The van der Waals surface area contributed by atoms with Crippen LogP contribution in [0.3, 0.4) is 0 Å². The summed E-state index contributed by atoms with van der Waals surface area (Å²) in [7, 11) is 0. The van der Waals surface area contributed by atoms with E-state index in [0.717, 1.165) is 19.3 Å². The fraction of sp³-hybridized carbons (Fsp3) is 0.857. The van der Waals surface area contributed by atoms with Crippen molar-refractivity contribution in [1.29, 1.82) is 0 Å². The highest BCUT2D eigenvalue weighted by Gasteiger charge is 2.34. The Hall–Kier alpha value is -1.03. The Labute approximate surface area is 154 Å². The first-order valence-corrected chi connectivity index (χ1v) is 9.91. The Morgan fingerprint density at radius 1 is 1.28 bits per heavy atom. The number of carbonyl (C=O) groups excluding carboxylic acids is 1. The van der Waals surface area contributed by atoms with Crippen molar-refractivity contribution in [1.82, 2.24) is 5.32 Å². The van der Waals surface area contributed by atoms with Gasteiger partial charge in [-0.05, 0) is 57.8 Å². The second kappa shape index (κ2) is 9.61. The lowest BCUT2D eigenvalue weighted by molar-refractivity contribution is -0.0413. The summed E-state index contributed by atoms with van der Waals surface area (Å²) in [5, 5.41) is 14.0. The van der Waals surface area contributed by atoms with Crippen molar-refractivity contribution in [2.75, 3.05) is 0 Å².